The first-order valence-corrected chi connectivity index (χ1v) is 8.68. The lowest BCUT2D eigenvalue weighted by molar-refractivity contribution is 0.147. The minimum atomic E-state index is -1.82. The molecule has 1 rings (SSSR count). The van der Waals surface area contributed by atoms with E-state index in [0.29, 0.717) is 0 Å². The maximum atomic E-state index is 11.5. The lowest BCUT2D eigenvalue weighted by Crippen LogP contribution is -2.56. The van der Waals surface area contributed by atoms with Crippen molar-refractivity contribution in [1.29, 1.82) is 0 Å². The highest BCUT2D eigenvalue weighted by Gasteiger charge is 2.35. The predicted octanol–water partition coefficient (Wildman–Crippen LogP) is 4.02. The Balaban J connectivity index is 2.71. The van der Waals surface area contributed by atoms with Crippen LogP contribution in [0.1, 0.15) is 6.92 Å². The van der Waals surface area contributed by atoms with Crippen molar-refractivity contribution in [1.82, 2.24) is 10.6 Å². The van der Waals surface area contributed by atoms with Gasteiger partial charge in [-0.15, -0.1) is 0 Å². The number of amides is 1. The maximum absolute atomic E-state index is 11.5. The maximum Gasteiger partial charge on any atom is 0.408 e. The lowest BCUT2D eigenvalue weighted by Gasteiger charge is -2.27. The van der Waals surface area contributed by atoms with E-state index in [2.05, 4.69) is 38.5 Å². The van der Waals surface area contributed by atoms with Crippen LogP contribution < -0.4 is 16.0 Å². The first-order chi connectivity index (χ1) is 10.2. The summed E-state index contributed by atoms with van der Waals surface area (Å²) >= 11 is 24.8. The van der Waals surface area contributed by atoms with Crippen LogP contribution in [-0.2, 0) is 4.74 Å². The van der Waals surface area contributed by atoms with Crippen LogP contribution in [0.2, 0.25) is 0 Å². The summed E-state index contributed by atoms with van der Waals surface area (Å²) in [4.78, 5) is 11.5. The van der Waals surface area contributed by atoms with Gasteiger partial charge in [-0.1, -0.05) is 46.9 Å². The van der Waals surface area contributed by atoms with Gasteiger partial charge in [-0.05, 0) is 53.9 Å². The van der Waals surface area contributed by atoms with Crippen molar-refractivity contribution < 1.29 is 9.53 Å². The van der Waals surface area contributed by atoms with Crippen molar-refractivity contribution in [3.8, 4) is 0 Å². The second-order valence-corrected chi connectivity index (χ2v) is 7.86. The summed E-state index contributed by atoms with van der Waals surface area (Å²) < 4.78 is 3.90. The highest BCUT2D eigenvalue weighted by atomic mass is 127. The minimum Gasteiger partial charge on any atom is -0.450 e. The minimum absolute atomic E-state index is 0.192. The molecule has 0 unspecified atom stereocenters. The molecule has 3 N–H and O–H groups in total. The first-order valence-electron chi connectivity index (χ1n) is 6.06. The van der Waals surface area contributed by atoms with E-state index in [1.807, 2.05) is 24.3 Å². The Kier molecular flexibility index (Phi) is 8.26. The van der Waals surface area contributed by atoms with Crippen LogP contribution in [0.3, 0.4) is 0 Å². The van der Waals surface area contributed by atoms with E-state index in [1.54, 1.807) is 6.92 Å². The van der Waals surface area contributed by atoms with Crippen LogP contribution >= 0.6 is 69.6 Å². The van der Waals surface area contributed by atoms with Gasteiger partial charge in [0.2, 0.25) is 3.79 Å². The van der Waals surface area contributed by atoms with Crippen molar-refractivity contribution in [3.63, 3.8) is 0 Å². The number of carbonyl (C=O) groups excluding carboxylic acids is 1. The molecule has 0 radical (unpaired) electrons. The summed E-state index contributed by atoms with van der Waals surface area (Å²) in [5, 5.41) is 8.28. The van der Waals surface area contributed by atoms with E-state index >= 15 is 0 Å². The van der Waals surface area contributed by atoms with E-state index in [4.69, 9.17) is 51.8 Å². The van der Waals surface area contributed by atoms with Gasteiger partial charge in [-0.3, -0.25) is 5.32 Å². The average molecular weight is 497 g/mol. The fourth-order valence-electron chi connectivity index (χ4n) is 1.34. The molecule has 0 saturated carbocycles. The third kappa shape index (κ3) is 6.91. The first kappa shape index (κ1) is 19.8. The molecular formula is C12H13Cl3IN3O2S. The number of rotatable bonds is 4. The number of hydrogen-bond acceptors (Lipinski definition) is 3. The second kappa shape index (κ2) is 9.17. The van der Waals surface area contributed by atoms with Gasteiger partial charge >= 0.3 is 6.09 Å². The molecule has 0 heterocycles. The number of thiocarbonyl (C=S) groups is 1. The third-order valence-electron chi connectivity index (χ3n) is 2.26. The number of halogens is 4. The Hall–Kier alpha value is -0.220. The summed E-state index contributed by atoms with van der Waals surface area (Å²) in [6, 6.07) is 7.51. The van der Waals surface area contributed by atoms with Crippen molar-refractivity contribution in [2.24, 2.45) is 0 Å². The monoisotopic (exact) mass is 495 g/mol. The molecule has 0 aliphatic carbocycles. The number of ether oxygens (including phenoxy) is 1. The number of carbonyl (C=O) groups is 1. The fraction of sp³-hybridized carbons (Fsp3) is 0.333. The van der Waals surface area contributed by atoms with Crippen molar-refractivity contribution in [2.75, 3.05) is 11.9 Å². The van der Waals surface area contributed by atoms with Crippen molar-refractivity contribution in [2.45, 2.75) is 16.9 Å². The Labute approximate surface area is 162 Å². The molecule has 1 aromatic rings. The molecule has 1 atom stereocenters. The SMILES string of the molecule is CCOC(=O)N[C@H](NC(=S)Nc1ccccc1I)C(Cl)(Cl)Cl. The molecule has 0 spiro atoms. The zero-order valence-electron chi connectivity index (χ0n) is 11.3. The smallest absolute Gasteiger partial charge is 0.408 e. The van der Waals surface area contributed by atoms with Crippen LogP contribution in [0, 0.1) is 3.57 Å². The quantitative estimate of drug-likeness (QED) is 0.254. The summed E-state index contributed by atoms with van der Waals surface area (Å²) in [7, 11) is 0. The summed E-state index contributed by atoms with van der Waals surface area (Å²) in [5.74, 6) is 0. The fourth-order valence-corrected chi connectivity index (χ4v) is 2.42. The predicted molar refractivity (Wildman–Crippen MR) is 103 cm³/mol. The molecule has 0 aliphatic rings. The molecular weight excluding hydrogens is 483 g/mol. The van der Waals surface area contributed by atoms with Crippen LogP contribution in [-0.4, -0.2) is 27.8 Å². The largest absolute Gasteiger partial charge is 0.450 e. The Bertz CT molecular complexity index is 543. The average Bonchev–Trinajstić information content (AvgIpc) is 2.40. The highest BCUT2D eigenvalue weighted by molar-refractivity contribution is 14.1. The number of anilines is 1. The van der Waals surface area contributed by atoms with Gasteiger partial charge in [0, 0.05) is 3.57 Å². The summed E-state index contributed by atoms with van der Waals surface area (Å²) in [6.45, 7) is 1.87. The van der Waals surface area contributed by atoms with Gasteiger partial charge < -0.3 is 15.4 Å². The van der Waals surface area contributed by atoms with E-state index in [1.165, 1.54) is 0 Å². The topological polar surface area (TPSA) is 62.4 Å². The standard InChI is InChI=1S/C12H13Cl3IN3O2S/c1-2-21-11(20)19-9(12(13,14)15)18-10(22)17-8-6-4-3-5-7(8)16/h3-6,9H,2H2,1H3,(H,19,20)(H2,17,18,22)/t9-/m0/s1. The van der Waals surface area contributed by atoms with Crippen LogP contribution in [0.5, 0.6) is 0 Å². The van der Waals surface area contributed by atoms with Crippen LogP contribution in [0.4, 0.5) is 10.5 Å². The zero-order valence-corrected chi connectivity index (χ0v) is 16.6. The molecule has 5 nitrogen and oxygen atoms in total. The lowest BCUT2D eigenvalue weighted by atomic mass is 10.3. The Morgan fingerprint density at radius 1 is 1.36 bits per heavy atom. The van der Waals surface area contributed by atoms with Crippen LogP contribution in [0.25, 0.3) is 0 Å². The number of benzene rings is 1. The molecule has 10 heteroatoms. The molecule has 0 aliphatic heterocycles. The summed E-state index contributed by atoms with van der Waals surface area (Å²) in [6.07, 6.45) is -1.78. The molecule has 0 aromatic heterocycles. The molecule has 1 amide bonds. The van der Waals surface area contributed by atoms with Crippen molar-refractivity contribution in [3.05, 3.63) is 27.8 Å². The van der Waals surface area contributed by atoms with Gasteiger partial charge in [-0.2, -0.15) is 0 Å². The van der Waals surface area contributed by atoms with E-state index < -0.39 is 16.1 Å². The summed E-state index contributed by atoms with van der Waals surface area (Å²) in [5.41, 5.74) is 0.791. The number of para-hydroxylation sites is 1. The normalized spacial score (nSPS) is 12.2. The highest BCUT2D eigenvalue weighted by Crippen LogP contribution is 2.29. The number of alkyl halides is 3. The third-order valence-corrected chi connectivity index (χ3v) is 4.08. The second-order valence-electron chi connectivity index (χ2n) is 3.92. The molecule has 1 aromatic carbocycles. The molecule has 0 saturated heterocycles. The number of alkyl carbamates (subject to hydrolysis) is 1. The van der Waals surface area contributed by atoms with E-state index in [9.17, 15) is 4.79 Å². The Morgan fingerprint density at radius 2 is 2.00 bits per heavy atom. The molecule has 122 valence electrons. The zero-order chi connectivity index (χ0) is 16.8. The van der Waals surface area contributed by atoms with Gasteiger partial charge in [0.25, 0.3) is 0 Å². The molecule has 22 heavy (non-hydrogen) atoms. The number of nitrogens with one attached hydrogen (secondary N) is 3. The van der Waals surface area contributed by atoms with E-state index in [-0.39, 0.29) is 11.7 Å². The Morgan fingerprint density at radius 3 is 2.55 bits per heavy atom. The van der Waals surface area contributed by atoms with Gasteiger partial charge in [-0.25, -0.2) is 4.79 Å². The number of hydrogen-bond donors (Lipinski definition) is 3. The molecule has 0 fully saturated rings. The van der Waals surface area contributed by atoms with Crippen LogP contribution in [0.15, 0.2) is 24.3 Å². The van der Waals surface area contributed by atoms with Gasteiger partial charge in [0.05, 0.1) is 12.3 Å². The van der Waals surface area contributed by atoms with E-state index in [0.717, 1.165) is 9.26 Å². The molecule has 0 bridgehead atoms. The van der Waals surface area contributed by atoms with Crippen molar-refractivity contribution >= 4 is 86.5 Å². The van der Waals surface area contributed by atoms with Gasteiger partial charge in [0.15, 0.2) is 11.3 Å². The van der Waals surface area contributed by atoms with Gasteiger partial charge in [0.1, 0.15) is 0 Å².